The van der Waals surface area contributed by atoms with Gasteiger partial charge in [0.2, 0.25) is 0 Å². The molecule has 7 nitrogen and oxygen atoms in total. The largest absolute Gasteiger partial charge is 0.495 e. The van der Waals surface area contributed by atoms with Gasteiger partial charge in [-0.25, -0.2) is 0 Å². The zero-order chi connectivity index (χ0) is 20.1. The van der Waals surface area contributed by atoms with Gasteiger partial charge in [-0.2, -0.15) is 0 Å². The van der Waals surface area contributed by atoms with E-state index in [9.17, 15) is 9.59 Å². The number of ether oxygens (including phenoxy) is 1. The number of Topliss-reactive ketones (excluding diaryl/α,β-unsaturated/α-hetero) is 1. The first-order chi connectivity index (χ1) is 13.5. The Hall–Kier alpha value is -3.45. The van der Waals surface area contributed by atoms with Crippen molar-refractivity contribution in [3.63, 3.8) is 0 Å². The molecule has 2 aromatic carbocycles. The Morgan fingerprint density at radius 1 is 1.00 bits per heavy atom. The smallest absolute Gasteiger partial charge is 0.276 e. The molecule has 142 valence electrons. The summed E-state index contributed by atoms with van der Waals surface area (Å²) in [6.45, 7) is 1.51. The number of hydrogen-bond donors (Lipinski definition) is 2. The van der Waals surface area contributed by atoms with Crippen LogP contribution in [0.15, 0.2) is 54.6 Å². The number of carbonyl (C=O) groups excluding carboxylic acids is 2. The van der Waals surface area contributed by atoms with Gasteiger partial charge in [0, 0.05) is 16.3 Å². The second-order valence-corrected chi connectivity index (χ2v) is 6.30. The van der Waals surface area contributed by atoms with E-state index in [-0.39, 0.29) is 11.5 Å². The van der Waals surface area contributed by atoms with Crippen molar-refractivity contribution in [2.75, 3.05) is 17.7 Å². The number of halogens is 1. The maximum atomic E-state index is 12.4. The number of benzene rings is 2. The number of rotatable bonds is 6. The molecule has 3 rings (SSSR count). The summed E-state index contributed by atoms with van der Waals surface area (Å²) in [6, 6.07) is 15.1. The zero-order valence-corrected chi connectivity index (χ0v) is 15.9. The van der Waals surface area contributed by atoms with Crippen LogP contribution < -0.4 is 15.4 Å². The molecular weight excluding hydrogens is 380 g/mol. The summed E-state index contributed by atoms with van der Waals surface area (Å²) < 4.78 is 5.21. The van der Waals surface area contributed by atoms with E-state index >= 15 is 0 Å². The number of aromatic nitrogens is 2. The van der Waals surface area contributed by atoms with E-state index in [0.717, 1.165) is 5.69 Å². The molecule has 0 unspecified atom stereocenters. The number of nitrogens with one attached hydrogen (secondary N) is 2. The van der Waals surface area contributed by atoms with Gasteiger partial charge < -0.3 is 15.4 Å². The number of hydrogen-bond acceptors (Lipinski definition) is 6. The van der Waals surface area contributed by atoms with Crippen LogP contribution in [0.2, 0.25) is 5.02 Å². The van der Waals surface area contributed by atoms with Crippen LogP contribution in [0.1, 0.15) is 27.8 Å². The van der Waals surface area contributed by atoms with Crippen LogP contribution in [-0.4, -0.2) is 29.0 Å². The minimum Gasteiger partial charge on any atom is -0.495 e. The highest BCUT2D eigenvalue weighted by atomic mass is 35.5. The summed E-state index contributed by atoms with van der Waals surface area (Å²) in [6.07, 6.45) is 0. The van der Waals surface area contributed by atoms with Gasteiger partial charge in [-0.15, -0.1) is 10.2 Å². The molecule has 3 aromatic rings. The Labute approximate surface area is 166 Å². The zero-order valence-electron chi connectivity index (χ0n) is 15.2. The van der Waals surface area contributed by atoms with Gasteiger partial charge in [0.25, 0.3) is 5.91 Å². The average Bonchev–Trinajstić information content (AvgIpc) is 2.69. The average molecular weight is 397 g/mol. The van der Waals surface area contributed by atoms with Gasteiger partial charge in [-0.1, -0.05) is 11.6 Å². The first-order valence-electron chi connectivity index (χ1n) is 8.33. The van der Waals surface area contributed by atoms with Crippen molar-refractivity contribution in [1.29, 1.82) is 0 Å². The van der Waals surface area contributed by atoms with Gasteiger partial charge in [0.15, 0.2) is 17.3 Å². The van der Waals surface area contributed by atoms with E-state index in [0.29, 0.717) is 27.8 Å². The molecule has 1 amide bonds. The minimum atomic E-state index is -0.439. The van der Waals surface area contributed by atoms with E-state index in [1.54, 1.807) is 54.6 Å². The first-order valence-corrected chi connectivity index (χ1v) is 8.70. The first kappa shape index (κ1) is 19.3. The van der Waals surface area contributed by atoms with Crippen molar-refractivity contribution in [2.45, 2.75) is 6.92 Å². The van der Waals surface area contributed by atoms with Crippen LogP contribution in [0.5, 0.6) is 5.75 Å². The van der Waals surface area contributed by atoms with Gasteiger partial charge in [0.1, 0.15) is 5.75 Å². The lowest BCUT2D eigenvalue weighted by Gasteiger charge is -2.10. The maximum absolute atomic E-state index is 12.4. The third kappa shape index (κ3) is 4.63. The van der Waals surface area contributed by atoms with Crippen molar-refractivity contribution in [1.82, 2.24) is 10.2 Å². The molecule has 0 aliphatic carbocycles. The molecule has 0 aliphatic rings. The molecule has 0 saturated heterocycles. The second kappa shape index (κ2) is 8.49. The summed E-state index contributed by atoms with van der Waals surface area (Å²) in [7, 11) is 1.50. The highest BCUT2D eigenvalue weighted by molar-refractivity contribution is 6.31. The predicted octanol–water partition coefficient (Wildman–Crippen LogP) is 4.34. The lowest BCUT2D eigenvalue weighted by Crippen LogP contribution is -2.15. The van der Waals surface area contributed by atoms with Crippen LogP contribution in [-0.2, 0) is 0 Å². The molecule has 0 fully saturated rings. The van der Waals surface area contributed by atoms with E-state index in [1.807, 2.05) is 0 Å². The molecule has 2 N–H and O–H groups in total. The third-order valence-corrected chi connectivity index (χ3v) is 4.11. The molecule has 1 aromatic heterocycles. The fraction of sp³-hybridized carbons (Fsp3) is 0.100. The molecule has 28 heavy (non-hydrogen) atoms. The van der Waals surface area contributed by atoms with Crippen LogP contribution in [0.25, 0.3) is 0 Å². The fourth-order valence-electron chi connectivity index (χ4n) is 2.42. The number of nitrogens with zero attached hydrogens (tertiary/aromatic N) is 2. The number of anilines is 3. The van der Waals surface area contributed by atoms with Crippen LogP contribution in [0, 0.1) is 0 Å². The number of amides is 1. The number of carbonyl (C=O) groups is 2. The van der Waals surface area contributed by atoms with E-state index in [2.05, 4.69) is 20.8 Å². The highest BCUT2D eigenvalue weighted by Gasteiger charge is 2.12. The standard InChI is InChI=1S/C20H17ClN4O3/c1-12(26)13-3-6-15(7-4-13)22-19-10-8-16(24-25-19)20(27)23-17-11-14(21)5-9-18(17)28-2/h3-11H,1-2H3,(H,22,25)(H,23,27). The molecule has 0 saturated carbocycles. The molecule has 0 radical (unpaired) electrons. The Morgan fingerprint density at radius 2 is 1.75 bits per heavy atom. The molecule has 8 heteroatoms. The fourth-order valence-corrected chi connectivity index (χ4v) is 2.59. The lowest BCUT2D eigenvalue weighted by molar-refractivity contribution is 0.101. The molecule has 0 bridgehead atoms. The summed E-state index contributed by atoms with van der Waals surface area (Å²) >= 11 is 5.97. The minimum absolute atomic E-state index is 0.00181. The summed E-state index contributed by atoms with van der Waals surface area (Å²) in [5.74, 6) is 0.508. The number of ketones is 1. The van der Waals surface area contributed by atoms with Gasteiger partial charge >= 0.3 is 0 Å². The summed E-state index contributed by atoms with van der Waals surface area (Å²) in [5.41, 5.74) is 1.95. The topological polar surface area (TPSA) is 93.2 Å². The number of methoxy groups -OCH3 is 1. The Kier molecular flexibility index (Phi) is 5.86. The van der Waals surface area contributed by atoms with Crippen LogP contribution in [0.4, 0.5) is 17.2 Å². The SMILES string of the molecule is COc1ccc(Cl)cc1NC(=O)c1ccc(Nc2ccc(C(C)=O)cc2)nn1. The lowest BCUT2D eigenvalue weighted by atomic mass is 10.1. The molecular formula is C20H17ClN4O3. The third-order valence-electron chi connectivity index (χ3n) is 3.87. The highest BCUT2D eigenvalue weighted by Crippen LogP contribution is 2.28. The molecule has 0 aliphatic heterocycles. The van der Waals surface area contributed by atoms with Crippen LogP contribution in [0.3, 0.4) is 0 Å². The van der Waals surface area contributed by atoms with Crippen molar-refractivity contribution in [2.24, 2.45) is 0 Å². The Morgan fingerprint density at radius 3 is 2.36 bits per heavy atom. The monoisotopic (exact) mass is 396 g/mol. The predicted molar refractivity (Wildman–Crippen MR) is 108 cm³/mol. The van der Waals surface area contributed by atoms with E-state index < -0.39 is 5.91 Å². The van der Waals surface area contributed by atoms with Gasteiger partial charge in [0.05, 0.1) is 12.8 Å². The van der Waals surface area contributed by atoms with Gasteiger partial charge in [-0.3, -0.25) is 9.59 Å². The quantitative estimate of drug-likeness (QED) is 0.602. The molecule has 0 spiro atoms. The molecule has 1 heterocycles. The Bertz CT molecular complexity index is 1000. The van der Waals surface area contributed by atoms with Crippen molar-refractivity contribution < 1.29 is 14.3 Å². The van der Waals surface area contributed by atoms with E-state index in [1.165, 1.54) is 14.0 Å². The summed E-state index contributed by atoms with van der Waals surface area (Å²) in [5, 5.41) is 14.2. The van der Waals surface area contributed by atoms with Crippen LogP contribution >= 0.6 is 11.6 Å². The maximum Gasteiger partial charge on any atom is 0.276 e. The normalized spacial score (nSPS) is 10.2. The van der Waals surface area contributed by atoms with E-state index in [4.69, 9.17) is 16.3 Å². The van der Waals surface area contributed by atoms with Crippen molar-refractivity contribution >= 4 is 40.5 Å². The summed E-state index contributed by atoms with van der Waals surface area (Å²) in [4.78, 5) is 23.7. The van der Waals surface area contributed by atoms with Crippen molar-refractivity contribution in [3.05, 3.63) is 70.9 Å². The van der Waals surface area contributed by atoms with Crippen molar-refractivity contribution in [3.8, 4) is 5.75 Å². The molecule has 0 atom stereocenters. The van der Waals surface area contributed by atoms with Gasteiger partial charge in [-0.05, 0) is 61.5 Å². The Balaban J connectivity index is 1.69. The second-order valence-electron chi connectivity index (χ2n) is 5.86.